The zero-order valence-electron chi connectivity index (χ0n) is 11.0. The van der Waals surface area contributed by atoms with Gasteiger partial charge >= 0.3 is 0 Å². The summed E-state index contributed by atoms with van der Waals surface area (Å²) in [6.45, 7) is 1.92. The summed E-state index contributed by atoms with van der Waals surface area (Å²) in [4.78, 5) is 15.8. The van der Waals surface area contributed by atoms with Crippen LogP contribution in [0.1, 0.15) is 10.4 Å². The van der Waals surface area contributed by atoms with Crippen molar-refractivity contribution in [3.05, 3.63) is 56.1 Å². The number of benzene rings is 1. The molecule has 1 saturated heterocycles. The number of thioether (sulfide) groups is 1. The van der Waals surface area contributed by atoms with Crippen LogP contribution in [0.4, 0.5) is 5.69 Å². The topological polar surface area (TPSA) is 20.3 Å². The van der Waals surface area contributed by atoms with Gasteiger partial charge in [0.15, 0.2) is 4.32 Å². The minimum absolute atomic E-state index is 0.0988. The molecule has 106 valence electrons. The number of anilines is 1. The summed E-state index contributed by atoms with van der Waals surface area (Å²) in [5, 5.41) is 2.61. The Morgan fingerprint density at radius 1 is 1.33 bits per heavy atom. The Morgan fingerprint density at radius 3 is 2.81 bits per heavy atom. The minimum atomic E-state index is -0.0988. The molecule has 0 radical (unpaired) electrons. The van der Waals surface area contributed by atoms with Crippen LogP contribution in [0.25, 0.3) is 6.08 Å². The molecule has 1 aliphatic heterocycles. The predicted molar refractivity (Wildman–Crippen MR) is 96.2 cm³/mol. The Bertz CT molecular complexity index is 752. The first kappa shape index (κ1) is 14.8. The number of hydrogen-bond donors (Lipinski definition) is 0. The Balaban J connectivity index is 1.95. The van der Waals surface area contributed by atoms with E-state index in [2.05, 4.69) is 0 Å². The van der Waals surface area contributed by atoms with Gasteiger partial charge < -0.3 is 0 Å². The second-order valence-electron chi connectivity index (χ2n) is 4.47. The van der Waals surface area contributed by atoms with E-state index in [4.69, 9.17) is 23.8 Å². The first-order valence-electron chi connectivity index (χ1n) is 6.14. The van der Waals surface area contributed by atoms with E-state index < -0.39 is 0 Å². The van der Waals surface area contributed by atoms with E-state index in [1.54, 1.807) is 17.4 Å². The maximum atomic E-state index is 12.5. The van der Waals surface area contributed by atoms with Gasteiger partial charge in [0.1, 0.15) is 0 Å². The van der Waals surface area contributed by atoms with E-state index in [1.165, 1.54) is 16.7 Å². The quantitative estimate of drug-likeness (QED) is 0.553. The summed E-state index contributed by atoms with van der Waals surface area (Å²) in [6.07, 6.45) is 1.87. The Kier molecular flexibility index (Phi) is 4.17. The molecule has 6 heteroatoms. The fourth-order valence-electron chi connectivity index (χ4n) is 1.91. The molecule has 0 atom stereocenters. The molecular weight excluding hydrogens is 342 g/mol. The summed E-state index contributed by atoms with van der Waals surface area (Å²) in [7, 11) is 0. The van der Waals surface area contributed by atoms with Crippen LogP contribution in [0.5, 0.6) is 0 Å². The van der Waals surface area contributed by atoms with Crippen molar-refractivity contribution >= 4 is 68.9 Å². The number of hydrogen-bond acceptors (Lipinski definition) is 4. The number of aryl methyl sites for hydroxylation is 1. The third kappa shape index (κ3) is 2.92. The molecule has 21 heavy (non-hydrogen) atoms. The molecule has 1 fully saturated rings. The zero-order valence-corrected chi connectivity index (χ0v) is 14.2. The van der Waals surface area contributed by atoms with E-state index in [1.807, 2.05) is 42.6 Å². The summed E-state index contributed by atoms with van der Waals surface area (Å²) in [5.41, 5.74) is 1.68. The molecular formula is C15H10ClNOS3. The van der Waals surface area contributed by atoms with E-state index in [-0.39, 0.29) is 5.91 Å². The summed E-state index contributed by atoms with van der Waals surface area (Å²) in [6, 6.07) is 9.45. The third-order valence-corrected chi connectivity index (χ3v) is 5.55. The van der Waals surface area contributed by atoms with Crippen LogP contribution in [-0.2, 0) is 4.79 Å². The first-order valence-corrected chi connectivity index (χ1v) is 8.62. The van der Waals surface area contributed by atoms with Crippen LogP contribution in [0.15, 0.2) is 40.6 Å². The molecule has 1 aromatic carbocycles. The molecule has 0 N–H and O–H groups in total. The van der Waals surface area contributed by atoms with Gasteiger partial charge in [-0.25, -0.2) is 0 Å². The molecule has 2 aromatic rings. The highest BCUT2D eigenvalue weighted by Crippen LogP contribution is 2.37. The van der Waals surface area contributed by atoms with Crippen LogP contribution in [0.2, 0.25) is 5.02 Å². The van der Waals surface area contributed by atoms with Crippen molar-refractivity contribution in [3.63, 3.8) is 0 Å². The molecule has 2 heterocycles. The van der Waals surface area contributed by atoms with Gasteiger partial charge in [0.25, 0.3) is 5.91 Å². The van der Waals surface area contributed by atoms with Crippen molar-refractivity contribution < 1.29 is 4.79 Å². The summed E-state index contributed by atoms with van der Waals surface area (Å²) >= 11 is 14.4. The highest BCUT2D eigenvalue weighted by Gasteiger charge is 2.33. The molecule has 0 unspecified atom stereocenters. The van der Waals surface area contributed by atoms with Crippen molar-refractivity contribution in [1.82, 2.24) is 0 Å². The van der Waals surface area contributed by atoms with Gasteiger partial charge in [-0.3, -0.25) is 9.69 Å². The van der Waals surface area contributed by atoms with Gasteiger partial charge in [0.2, 0.25) is 0 Å². The van der Waals surface area contributed by atoms with E-state index in [0.29, 0.717) is 19.9 Å². The molecule has 0 spiro atoms. The molecule has 1 amide bonds. The lowest BCUT2D eigenvalue weighted by molar-refractivity contribution is -0.113. The van der Waals surface area contributed by atoms with Gasteiger partial charge in [-0.1, -0.05) is 47.7 Å². The van der Waals surface area contributed by atoms with E-state index in [0.717, 1.165) is 10.4 Å². The number of amides is 1. The lowest BCUT2D eigenvalue weighted by atomic mass is 10.2. The van der Waals surface area contributed by atoms with Crippen LogP contribution in [0, 0.1) is 6.92 Å². The van der Waals surface area contributed by atoms with Crippen molar-refractivity contribution in [1.29, 1.82) is 0 Å². The van der Waals surface area contributed by atoms with Crippen molar-refractivity contribution in [2.45, 2.75) is 6.92 Å². The normalized spacial score (nSPS) is 17.0. The first-order chi connectivity index (χ1) is 10.1. The lowest BCUT2D eigenvalue weighted by Gasteiger charge is -2.15. The van der Waals surface area contributed by atoms with Gasteiger partial charge in [0.05, 0.1) is 10.6 Å². The van der Waals surface area contributed by atoms with Crippen molar-refractivity contribution in [2.24, 2.45) is 0 Å². The van der Waals surface area contributed by atoms with Crippen LogP contribution >= 0.6 is 46.9 Å². The highest BCUT2D eigenvalue weighted by molar-refractivity contribution is 8.27. The Labute approximate surface area is 141 Å². The summed E-state index contributed by atoms with van der Waals surface area (Å²) < 4.78 is 0.530. The number of thiophene rings is 1. The SMILES string of the molecule is Cc1ccc(N2C(=O)/C(=C\c3cccs3)SC2=S)cc1Cl. The van der Waals surface area contributed by atoms with Gasteiger partial charge in [0, 0.05) is 9.90 Å². The van der Waals surface area contributed by atoms with Gasteiger partial charge in [-0.2, -0.15) is 0 Å². The number of thiocarbonyl (C=S) groups is 1. The maximum Gasteiger partial charge on any atom is 0.270 e. The number of halogens is 1. The Hall–Kier alpha value is -1.14. The lowest BCUT2D eigenvalue weighted by Crippen LogP contribution is -2.27. The van der Waals surface area contributed by atoms with Gasteiger partial charge in [-0.05, 0) is 42.1 Å². The van der Waals surface area contributed by atoms with Crippen molar-refractivity contribution in [2.75, 3.05) is 4.90 Å². The monoisotopic (exact) mass is 351 g/mol. The van der Waals surface area contributed by atoms with E-state index >= 15 is 0 Å². The fourth-order valence-corrected chi connectivity index (χ4v) is 4.11. The molecule has 0 bridgehead atoms. The standard InChI is InChI=1S/C15H10ClNOS3/c1-9-4-5-10(7-12(9)16)17-14(18)13(21-15(17)19)8-11-3-2-6-20-11/h2-8H,1H3/b13-8+. The zero-order chi connectivity index (χ0) is 15.0. The molecule has 0 aliphatic carbocycles. The number of carbonyl (C=O) groups is 1. The maximum absolute atomic E-state index is 12.5. The number of rotatable bonds is 2. The van der Waals surface area contributed by atoms with Crippen molar-refractivity contribution in [3.8, 4) is 0 Å². The second kappa shape index (κ2) is 5.93. The van der Waals surface area contributed by atoms with Gasteiger partial charge in [-0.15, -0.1) is 11.3 Å². The van der Waals surface area contributed by atoms with Crippen LogP contribution in [-0.4, -0.2) is 10.2 Å². The highest BCUT2D eigenvalue weighted by atomic mass is 35.5. The molecule has 1 aromatic heterocycles. The average Bonchev–Trinajstić information content (AvgIpc) is 3.03. The van der Waals surface area contributed by atoms with Crippen LogP contribution in [0.3, 0.4) is 0 Å². The van der Waals surface area contributed by atoms with E-state index in [9.17, 15) is 4.79 Å². The third-order valence-electron chi connectivity index (χ3n) is 3.02. The van der Waals surface area contributed by atoms with Crippen LogP contribution < -0.4 is 4.90 Å². The number of carbonyl (C=O) groups excluding carboxylic acids is 1. The average molecular weight is 352 g/mol. The number of nitrogens with zero attached hydrogens (tertiary/aromatic N) is 1. The fraction of sp³-hybridized carbons (Fsp3) is 0.0667. The molecule has 1 aliphatic rings. The summed E-state index contributed by atoms with van der Waals surface area (Å²) in [5.74, 6) is -0.0988. The predicted octanol–water partition coefficient (Wildman–Crippen LogP) is 5.12. The second-order valence-corrected chi connectivity index (χ2v) is 7.53. The Morgan fingerprint density at radius 2 is 2.14 bits per heavy atom. The minimum Gasteiger partial charge on any atom is -0.268 e. The molecule has 2 nitrogen and oxygen atoms in total. The molecule has 0 saturated carbocycles. The largest absolute Gasteiger partial charge is 0.270 e. The smallest absolute Gasteiger partial charge is 0.268 e. The molecule has 3 rings (SSSR count).